The van der Waals surface area contributed by atoms with E-state index in [1.807, 2.05) is 6.92 Å². The number of carbonyl (C=O) groups excluding carboxylic acids is 1. The molecule has 0 radical (unpaired) electrons. The topological polar surface area (TPSA) is 76.1 Å². The first-order valence-corrected chi connectivity index (χ1v) is 9.72. The summed E-state index contributed by atoms with van der Waals surface area (Å²) in [5, 5.41) is 14.4. The third-order valence-corrected chi connectivity index (χ3v) is 5.70. The molecule has 6 nitrogen and oxygen atoms in total. The van der Waals surface area contributed by atoms with Gasteiger partial charge in [0.1, 0.15) is 5.82 Å². The van der Waals surface area contributed by atoms with Crippen LogP contribution in [0.15, 0.2) is 28.6 Å². The Bertz CT molecular complexity index is 704. The van der Waals surface area contributed by atoms with Gasteiger partial charge in [-0.1, -0.05) is 23.1 Å². The Balaban J connectivity index is 1.48. The van der Waals surface area contributed by atoms with Crippen LogP contribution in [0.25, 0.3) is 0 Å². The molecule has 1 fully saturated rings. The van der Waals surface area contributed by atoms with Crippen LogP contribution in [0.2, 0.25) is 0 Å². The quantitative estimate of drug-likeness (QED) is 0.716. The van der Waals surface area contributed by atoms with Gasteiger partial charge >= 0.3 is 0 Å². The fourth-order valence-corrected chi connectivity index (χ4v) is 4.27. The van der Waals surface area contributed by atoms with Gasteiger partial charge in [-0.3, -0.25) is 4.79 Å². The van der Waals surface area contributed by atoms with Crippen LogP contribution in [-0.4, -0.2) is 40.6 Å². The molecule has 1 aliphatic rings. The average Bonchev–Trinajstić information content (AvgIpc) is 3.27. The summed E-state index contributed by atoms with van der Waals surface area (Å²) in [6.07, 6.45) is 2.19. The van der Waals surface area contributed by atoms with E-state index >= 15 is 0 Å². The van der Waals surface area contributed by atoms with Gasteiger partial charge in [-0.25, -0.2) is 4.39 Å². The fourth-order valence-electron chi connectivity index (χ4n) is 2.33. The lowest BCUT2D eigenvalue weighted by atomic mass is 10.2. The maximum atomic E-state index is 12.9. The number of carbonyl (C=O) groups is 1. The van der Waals surface area contributed by atoms with Crippen LogP contribution in [0, 0.1) is 5.82 Å². The first-order chi connectivity index (χ1) is 12.1. The van der Waals surface area contributed by atoms with E-state index in [1.54, 1.807) is 12.1 Å². The van der Waals surface area contributed by atoms with E-state index in [0.717, 1.165) is 25.1 Å². The molecule has 1 aromatic heterocycles. The van der Waals surface area contributed by atoms with Crippen LogP contribution >= 0.6 is 23.1 Å². The smallest absolute Gasteiger partial charge is 0.233 e. The Hall–Kier alpha value is -1.71. The molecule has 0 spiro atoms. The molecule has 9 heteroatoms. The van der Waals surface area contributed by atoms with E-state index in [1.165, 1.54) is 35.2 Å². The third kappa shape index (κ3) is 5.38. The van der Waals surface area contributed by atoms with Crippen molar-refractivity contribution in [1.29, 1.82) is 0 Å². The lowest BCUT2D eigenvalue weighted by molar-refractivity contribution is -0.120. The van der Waals surface area contributed by atoms with Crippen LogP contribution in [-0.2, 0) is 9.53 Å². The number of nitrogens with zero attached hydrogens (tertiary/aromatic N) is 2. The molecule has 1 amide bonds. The second-order valence-electron chi connectivity index (χ2n) is 5.65. The average molecular weight is 382 g/mol. The number of aromatic nitrogens is 2. The van der Waals surface area contributed by atoms with E-state index in [9.17, 15) is 9.18 Å². The number of thioether (sulfide) groups is 1. The number of hydrogen-bond donors (Lipinski definition) is 2. The Morgan fingerprint density at radius 2 is 2.24 bits per heavy atom. The van der Waals surface area contributed by atoms with Gasteiger partial charge in [-0.15, -0.1) is 10.2 Å². The maximum Gasteiger partial charge on any atom is 0.233 e. The van der Waals surface area contributed by atoms with Gasteiger partial charge in [0.25, 0.3) is 0 Å². The van der Waals surface area contributed by atoms with Gasteiger partial charge < -0.3 is 15.4 Å². The van der Waals surface area contributed by atoms with Crippen LogP contribution < -0.4 is 10.6 Å². The first-order valence-electron chi connectivity index (χ1n) is 8.02. The van der Waals surface area contributed by atoms with E-state index in [4.69, 9.17) is 4.74 Å². The highest BCUT2D eigenvalue weighted by molar-refractivity contribution is 8.02. The standard InChI is InChI=1S/C16H19FN4O2S2/c1-10(14(22)18-9-13-3-2-8-23-13)24-16-21-20-15(25-16)19-12-6-4-11(17)5-7-12/h4-7,10,13H,2-3,8-9H2,1H3,(H,18,22)(H,19,20). The second kappa shape index (κ2) is 8.59. The molecular weight excluding hydrogens is 363 g/mol. The molecule has 25 heavy (non-hydrogen) atoms. The molecule has 1 aliphatic heterocycles. The zero-order valence-corrected chi connectivity index (χ0v) is 15.3. The highest BCUT2D eigenvalue weighted by atomic mass is 32.2. The Kier molecular flexibility index (Phi) is 6.22. The molecule has 3 rings (SSSR count). The summed E-state index contributed by atoms with van der Waals surface area (Å²) in [4.78, 5) is 12.2. The number of benzene rings is 1. The van der Waals surface area contributed by atoms with Crippen LogP contribution in [0.1, 0.15) is 19.8 Å². The minimum Gasteiger partial charge on any atom is -0.376 e. The van der Waals surface area contributed by atoms with Crippen LogP contribution in [0.4, 0.5) is 15.2 Å². The molecular formula is C16H19FN4O2S2. The van der Waals surface area contributed by atoms with Crippen molar-refractivity contribution in [2.24, 2.45) is 0 Å². The Morgan fingerprint density at radius 1 is 1.44 bits per heavy atom. The van der Waals surface area contributed by atoms with Crippen molar-refractivity contribution in [2.75, 3.05) is 18.5 Å². The lowest BCUT2D eigenvalue weighted by Crippen LogP contribution is -2.36. The molecule has 134 valence electrons. The number of nitrogens with one attached hydrogen (secondary N) is 2. The van der Waals surface area contributed by atoms with E-state index in [0.29, 0.717) is 16.0 Å². The summed E-state index contributed by atoms with van der Waals surface area (Å²) < 4.78 is 19.1. The predicted octanol–water partition coefficient (Wildman–Crippen LogP) is 3.20. The molecule has 2 atom stereocenters. The molecule has 1 saturated heterocycles. The lowest BCUT2D eigenvalue weighted by Gasteiger charge is -2.13. The zero-order valence-electron chi connectivity index (χ0n) is 13.7. The Morgan fingerprint density at radius 3 is 2.96 bits per heavy atom. The number of halogens is 1. The van der Waals surface area contributed by atoms with Crippen molar-refractivity contribution in [3.8, 4) is 0 Å². The Labute approximate surface area is 153 Å². The number of anilines is 2. The monoisotopic (exact) mass is 382 g/mol. The second-order valence-corrected chi connectivity index (χ2v) is 8.21. The number of hydrogen-bond acceptors (Lipinski definition) is 7. The summed E-state index contributed by atoms with van der Waals surface area (Å²) in [6, 6.07) is 6.01. The van der Waals surface area contributed by atoms with Gasteiger partial charge in [0.2, 0.25) is 11.0 Å². The minimum absolute atomic E-state index is 0.0382. The normalized spacial score (nSPS) is 18.1. The molecule has 2 heterocycles. The van der Waals surface area contributed by atoms with Crippen molar-refractivity contribution < 1.29 is 13.9 Å². The zero-order chi connectivity index (χ0) is 17.6. The first kappa shape index (κ1) is 18.1. The molecule has 2 unspecified atom stereocenters. The summed E-state index contributed by atoms with van der Waals surface area (Å²) in [5.41, 5.74) is 0.733. The van der Waals surface area contributed by atoms with Crippen molar-refractivity contribution in [3.05, 3.63) is 30.1 Å². The van der Waals surface area contributed by atoms with Crippen LogP contribution in [0.3, 0.4) is 0 Å². The van der Waals surface area contributed by atoms with Gasteiger partial charge in [0, 0.05) is 18.8 Å². The predicted molar refractivity (Wildman–Crippen MR) is 96.9 cm³/mol. The summed E-state index contributed by atoms with van der Waals surface area (Å²) in [7, 11) is 0. The highest BCUT2D eigenvalue weighted by Gasteiger charge is 2.20. The highest BCUT2D eigenvalue weighted by Crippen LogP contribution is 2.30. The molecule has 0 bridgehead atoms. The van der Waals surface area contributed by atoms with Gasteiger partial charge in [0.15, 0.2) is 4.34 Å². The number of ether oxygens (including phenoxy) is 1. The minimum atomic E-state index is -0.290. The van der Waals surface area contributed by atoms with Crippen LogP contribution in [0.5, 0.6) is 0 Å². The molecule has 1 aromatic carbocycles. The summed E-state index contributed by atoms with van der Waals surface area (Å²) >= 11 is 2.71. The van der Waals surface area contributed by atoms with Crippen molar-refractivity contribution in [1.82, 2.24) is 15.5 Å². The van der Waals surface area contributed by atoms with E-state index in [-0.39, 0.29) is 23.1 Å². The largest absolute Gasteiger partial charge is 0.376 e. The molecule has 0 aliphatic carbocycles. The van der Waals surface area contributed by atoms with Gasteiger partial charge in [0.05, 0.1) is 11.4 Å². The summed E-state index contributed by atoms with van der Waals surface area (Å²) in [5.74, 6) is -0.328. The van der Waals surface area contributed by atoms with E-state index in [2.05, 4.69) is 20.8 Å². The van der Waals surface area contributed by atoms with Crippen molar-refractivity contribution in [3.63, 3.8) is 0 Å². The third-order valence-electron chi connectivity index (χ3n) is 3.68. The number of rotatable bonds is 7. The number of amides is 1. The maximum absolute atomic E-state index is 12.9. The molecule has 2 N–H and O–H groups in total. The molecule has 2 aromatic rings. The van der Waals surface area contributed by atoms with Gasteiger partial charge in [-0.05, 0) is 44.0 Å². The van der Waals surface area contributed by atoms with E-state index < -0.39 is 0 Å². The fraction of sp³-hybridized carbons (Fsp3) is 0.438. The molecule has 0 saturated carbocycles. The van der Waals surface area contributed by atoms with Crippen molar-refractivity contribution in [2.45, 2.75) is 35.5 Å². The van der Waals surface area contributed by atoms with Crippen molar-refractivity contribution >= 4 is 39.8 Å². The van der Waals surface area contributed by atoms with Gasteiger partial charge in [-0.2, -0.15) is 0 Å². The SMILES string of the molecule is CC(Sc1nnc(Nc2ccc(F)cc2)s1)C(=O)NCC1CCCO1. The summed E-state index contributed by atoms with van der Waals surface area (Å²) in [6.45, 7) is 3.17.